The summed E-state index contributed by atoms with van der Waals surface area (Å²) in [5.41, 5.74) is -2.75. The number of pyridine rings is 1. The zero-order valence-electron chi connectivity index (χ0n) is 24.5. The molecule has 1 aliphatic heterocycles. The summed E-state index contributed by atoms with van der Waals surface area (Å²) in [5.74, 6) is -5.16. The van der Waals surface area contributed by atoms with Crippen LogP contribution in [0.1, 0.15) is 59.4 Å². The summed E-state index contributed by atoms with van der Waals surface area (Å²) in [4.78, 5) is 38.2. The second-order valence-corrected chi connectivity index (χ2v) is 10.8. The van der Waals surface area contributed by atoms with Crippen molar-refractivity contribution in [1.29, 1.82) is 0 Å². The Morgan fingerprint density at radius 3 is 2.39 bits per heavy atom. The van der Waals surface area contributed by atoms with Crippen molar-refractivity contribution in [3.8, 4) is 16.9 Å². The number of anilines is 1. The zero-order chi connectivity index (χ0) is 32.5. The number of alkyl halides is 3. The van der Waals surface area contributed by atoms with E-state index in [1.807, 2.05) is 6.92 Å². The van der Waals surface area contributed by atoms with Gasteiger partial charge in [-0.15, -0.1) is 0 Å². The van der Waals surface area contributed by atoms with E-state index in [0.29, 0.717) is 30.4 Å². The molecule has 0 unspecified atom stereocenters. The molecule has 13 heteroatoms. The summed E-state index contributed by atoms with van der Waals surface area (Å²) in [6, 6.07) is 3.63. The SMILES string of the molecule is CC[C@H](C)Nc1cc(F)c(C(=O)N[C@@H](Cc2ccc(-c3c(C(F)(F)F)cc(C)n(C)c3=O)c3c2CCCO3)C(=O)O)c(F)c1. The number of amides is 1. The summed E-state index contributed by atoms with van der Waals surface area (Å²) in [6.07, 6.45) is -3.80. The molecule has 0 aliphatic carbocycles. The number of aryl methyl sites for hydroxylation is 1. The van der Waals surface area contributed by atoms with Gasteiger partial charge in [0.15, 0.2) is 0 Å². The van der Waals surface area contributed by atoms with Crippen molar-refractivity contribution in [3.63, 3.8) is 0 Å². The van der Waals surface area contributed by atoms with E-state index in [1.165, 1.54) is 26.1 Å². The molecule has 0 saturated heterocycles. The van der Waals surface area contributed by atoms with Gasteiger partial charge in [-0.1, -0.05) is 19.1 Å². The molecule has 2 atom stereocenters. The highest BCUT2D eigenvalue weighted by Gasteiger charge is 2.38. The quantitative estimate of drug-likeness (QED) is 0.268. The minimum Gasteiger partial charge on any atom is -0.493 e. The van der Waals surface area contributed by atoms with Crippen molar-refractivity contribution in [2.45, 2.75) is 64.7 Å². The minimum absolute atomic E-state index is 0.0113. The molecule has 1 amide bonds. The van der Waals surface area contributed by atoms with Gasteiger partial charge in [-0.3, -0.25) is 9.59 Å². The molecule has 2 aromatic carbocycles. The Morgan fingerprint density at radius 1 is 1.14 bits per heavy atom. The van der Waals surface area contributed by atoms with Crippen LogP contribution in [0.15, 0.2) is 35.1 Å². The molecule has 0 saturated carbocycles. The number of aliphatic carboxylic acids is 1. The first-order valence-electron chi connectivity index (χ1n) is 14.0. The summed E-state index contributed by atoms with van der Waals surface area (Å²) >= 11 is 0. The van der Waals surface area contributed by atoms with Crippen molar-refractivity contribution in [2.75, 3.05) is 11.9 Å². The number of ether oxygens (including phenoxy) is 1. The number of carboxylic acid groups (broad SMARTS) is 1. The molecule has 1 aliphatic rings. The topological polar surface area (TPSA) is 110 Å². The standard InChI is InChI=1S/C31H32F5N3O5/c1-5-15(2)37-18-13-22(32)26(23(33)14-18)28(40)38-24(30(42)43)12-17-8-9-20(27-19(17)7-6-10-44-27)25-21(31(34,35)36)11-16(3)39(4)29(25)41/h8-9,11,13-15,24,37H,5-7,10,12H2,1-4H3,(H,38,40)(H,42,43)/t15-,24-/m0/s1. The second kappa shape index (κ2) is 12.7. The van der Waals surface area contributed by atoms with E-state index in [2.05, 4.69) is 10.6 Å². The number of fused-ring (bicyclic) bond motifs is 1. The third-order valence-corrected chi connectivity index (χ3v) is 7.74. The first-order chi connectivity index (χ1) is 20.6. The largest absolute Gasteiger partial charge is 0.493 e. The van der Waals surface area contributed by atoms with Crippen LogP contribution in [0.5, 0.6) is 5.75 Å². The highest BCUT2D eigenvalue weighted by Crippen LogP contribution is 2.43. The number of hydrogen-bond donors (Lipinski definition) is 3. The summed E-state index contributed by atoms with van der Waals surface area (Å²) in [6.45, 7) is 5.21. The Balaban J connectivity index is 1.71. The van der Waals surface area contributed by atoms with Crippen molar-refractivity contribution in [3.05, 3.63) is 80.3 Å². The third kappa shape index (κ3) is 6.56. The number of benzene rings is 2. The van der Waals surface area contributed by atoms with E-state index in [9.17, 15) is 41.4 Å². The fourth-order valence-electron chi connectivity index (χ4n) is 5.13. The third-order valence-electron chi connectivity index (χ3n) is 7.74. The molecular formula is C31H32F5N3O5. The Bertz CT molecular complexity index is 1640. The summed E-state index contributed by atoms with van der Waals surface area (Å²) in [5, 5.41) is 14.9. The first kappa shape index (κ1) is 32.5. The van der Waals surface area contributed by atoms with Crippen molar-refractivity contribution < 1.29 is 41.4 Å². The summed E-state index contributed by atoms with van der Waals surface area (Å²) in [7, 11) is 1.35. The lowest BCUT2D eigenvalue weighted by atomic mass is 9.89. The fourth-order valence-corrected chi connectivity index (χ4v) is 5.13. The molecule has 44 heavy (non-hydrogen) atoms. The van der Waals surface area contributed by atoms with Gasteiger partial charge in [0.05, 0.1) is 17.7 Å². The van der Waals surface area contributed by atoms with E-state index in [0.717, 1.165) is 22.8 Å². The molecule has 0 radical (unpaired) electrons. The first-order valence-corrected chi connectivity index (χ1v) is 14.0. The van der Waals surface area contributed by atoms with Crippen molar-refractivity contribution in [2.24, 2.45) is 7.05 Å². The number of rotatable bonds is 9. The second-order valence-electron chi connectivity index (χ2n) is 10.8. The highest BCUT2D eigenvalue weighted by atomic mass is 19.4. The lowest BCUT2D eigenvalue weighted by molar-refractivity contribution is -0.139. The molecule has 0 fully saturated rings. The van der Waals surface area contributed by atoms with E-state index in [4.69, 9.17) is 4.74 Å². The molecular weight excluding hydrogens is 589 g/mol. The highest BCUT2D eigenvalue weighted by molar-refractivity contribution is 5.97. The van der Waals surface area contributed by atoms with E-state index in [1.54, 1.807) is 6.92 Å². The van der Waals surface area contributed by atoms with Crippen LogP contribution in [-0.2, 0) is 30.9 Å². The molecule has 8 nitrogen and oxygen atoms in total. The van der Waals surface area contributed by atoms with Crippen LogP contribution in [0, 0.1) is 18.6 Å². The number of nitrogens with zero attached hydrogens (tertiary/aromatic N) is 1. The van der Waals surface area contributed by atoms with Gasteiger partial charge in [-0.2, -0.15) is 13.2 Å². The number of halogens is 5. The predicted octanol–water partition coefficient (Wildman–Crippen LogP) is 5.62. The van der Waals surface area contributed by atoms with Crippen LogP contribution in [0.2, 0.25) is 0 Å². The lowest BCUT2D eigenvalue weighted by Gasteiger charge is -2.26. The molecule has 236 valence electrons. The maximum atomic E-state index is 14.8. The average Bonchev–Trinajstić information content (AvgIpc) is 2.94. The minimum atomic E-state index is -4.85. The Morgan fingerprint density at radius 2 is 1.80 bits per heavy atom. The van der Waals surface area contributed by atoms with Gasteiger partial charge in [-0.25, -0.2) is 13.6 Å². The predicted molar refractivity (Wildman–Crippen MR) is 153 cm³/mol. The molecule has 2 heterocycles. The Labute approximate surface area is 249 Å². The average molecular weight is 622 g/mol. The molecule has 1 aromatic heterocycles. The van der Waals surface area contributed by atoms with Crippen LogP contribution in [0.3, 0.4) is 0 Å². The number of carboxylic acids is 1. The molecule has 3 N–H and O–H groups in total. The van der Waals surface area contributed by atoms with Crippen LogP contribution in [0.4, 0.5) is 27.6 Å². The normalized spacial score (nSPS) is 14.3. The van der Waals surface area contributed by atoms with Gasteiger partial charge < -0.3 is 25.0 Å². The van der Waals surface area contributed by atoms with Crippen LogP contribution < -0.4 is 20.9 Å². The molecule has 0 spiro atoms. The van der Waals surface area contributed by atoms with Gasteiger partial charge in [0, 0.05) is 36.5 Å². The molecule has 3 aromatic rings. The van der Waals surface area contributed by atoms with E-state index >= 15 is 0 Å². The Kier molecular flexibility index (Phi) is 9.36. The molecule has 4 rings (SSSR count). The van der Waals surface area contributed by atoms with Gasteiger partial charge >= 0.3 is 12.1 Å². The van der Waals surface area contributed by atoms with Gasteiger partial charge in [-0.05, 0) is 62.4 Å². The molecule has 0 bridgehead atoms. The number of aromatic nitrogens is 1. The maximum absolute atomic E-state index is 14.8. The van der Waals surface area contributed by atoms with E-state index in [-0.39, 0.29) is 41.8 Å². The van der Waals surface area contributed by atoms with E-state index < -0.39 is 58.0 Å². The number of nitrogens with one attached hydrogen (secondary N) is 2. The van der Waals surface area contributed by atoms with Gasteiger partial charge in [0.25, 0.3) is 11.5 Å². The zero-order valence-corrected chi connectivity index (χ0v) is 24.5. The van der Waals surface area contributed by atoms with Crippen LogP contribution in [0.25, 0.3) is 11.1 Å². The number of carbonyl (C=O) groups is 2. The van der Waals surface area contributed by atoms with Crippen LogP contribution >= 0.6 is 0 Å². The van der Waals surface area contributed by atoms with Crippen LogP contribution in [-0.4, -0.2) is 40.2 Å². The maximum Gasteiger partial charge on any atom is 0.417 e. The Hall–Kier alpha value is -4.42. The number of hydrogen-bond acceptors (Lipinski definition) is 5. The lowest BCUT2D eigenvalue weighted by Crippen LogP contribution is -2.43. The smallest absolute Gasteiger partial charge is 0.417 e. The van der Waals surface area contributed by atoms with Gasteiger partial charge in [0.1, 0.15) is 29.0 Å². The fraction of sp³-hybridized carbons (Fsp3) is 0.387. The summed E-state index contributed by atoms with van der Waals surface area (Å²) < 4.78 is 78.7. The van der Waals surface area contributed by atoms with Crippen molar-refractivity contribution >= 4 is 17.6 Å². The number of carbonyl (C=O) groups excluding carboxylic acids is 1. The van der Waals surface area contributed by atoms with Crippen molar-refractivity contribution in [1.82, 2.24) is 9.88 Å². The monoisotopic (exact) mass is 621 g/mol. The van der Waals surface area contributed by atoms with Gasteiger partial charge in [0.2, 0.25) is 0 Å².